The third kappa shape index (κ3) is 7.32. The van der Waals surface area contributed by atoms with Crippen molar-refractivity contribution < 1.29 is 17.9 Å². The van der Waals surface area contributed by atoms with E-state index in [2.05, 4.69) is 5.32 Å². The Kier molecular flexibility index (Phi) is 7.60. The first-order valence-electron chi connectivity index (χ1n) is 9.16. The number of sulfonamides is 1. The van der Waals surface area contributed by atoms with Crippen LogP contribution in [0.25, 0.3) is 0 Å². The lowest BCUT2D eigenvalue weighted by atomic mass is 10.1. The number of rotatable bonds is 9. The lowest BCUT2D eigenvalue weighted by Crippen LogP contribution is -2.39. The maximum Gasteiger partial charge on any atom is 0.235 e. The number of hydrogen-bond acceptors (Lipinski definition) is 4. The van der Waals surface area contributed by atoms with Gasteiger partial charge in [-0.3, -0.25) is 4.79 Å². The number of nitrogens with zero attached hydrogens (tertiary/aromatic N) is 1. The minimum Gasteiger partial charge on any atom is -0.491 e. The smallest absolute Gasteiger partial charge is 0.235 e. The van der Waals surface area contributed by atoms with Gasteiger partial charge in [-0.2, -0.15) is 4.31 Å². The SMILES string of the molecule is Cc1ccc(CN(CC(=O)NCc2cccc(OC(C)C)c2)S(C)(=O)=O)cc1. The maximum atomic E-state index is 12.3. The van der Waals surface area contributed by atoms with Crippen LogP contribution in [0.2, 0.25) is 0 Å². The second kappa shape index (κ2) is 9.71. The minimum absolute atomic E-state index is 0.0648. The molecule has 7 heteroatoms. The molecule has 28 heavy (non-hydrogen) atoms. The Bertz CT molecular complexity index is 893. The highest BCUT2D eigenvalue weighted by molar-refractivity contribution is 7.88. The lowest BCUT2D eigenvalue weighted by molar-refractivity contribution is -0.121. The summed E-state index contributed by atoms with van der Waals surface area (Å²) in [5.41, 5.74) is 2.81. The molecule has 152 valence electrons. The maximum absolute atomic E-state index is 12.3. The number of carbonyl (C=O) groups excluding carboxylic acids is 1. The number of benzene rings is 2. The fraction of sp³-hybridized carbons (Fsp3) is 0.381. The molecule has 0 fully saturated rings. The van der Waals surface area contributed by atoms with Crippen LogP contribution in [-0.4, -0.2) is 37.5 Å². The number of ether oxygens (including phenoxy) is 1. The van der Waals surface area contributed by atoms with Gasteiger partial charge in [0.25, 0.3) is 0 Å². The van der Waals surface area contributed by atoms with E-state index < -0.39 is 10.0 Å². The van der Waals surface area contributed by atoms with Crippen molar-refractivity contribution in [3.8, 4) is 5.75 Å². The molecule has 2 aromatic rings. The summed E-state index contributed by atoms with van der Waals surface area (Å²) in [6.07, 6.45) is 1.18. The Morgan fingerprint density at radius 2 is 1.79 bits per heavy atom. The van der Waals surface area contributed by atoms with E-state index in [-0.39, 0.29) is 25.1 Å². The zero-order valence-corrected chi connectivity index (χ0v) is 17.6. The first-order chi connectivity index (χ1) is 13.1. The molecule has 0 saturated carbocycles. The van der Waals surface area contributed by atoms with Gasteiger partial charge in [-0.05, 0) is 44.0 Å². The van der Waals surface area contributed by atoms with E-state index in [1.54, 1.807) is 0 Å². The van der Waals surface area contributed by atoms with Gasteiger partial charge >= 0.3 is 0 Å². The van der Waals surface area contributed by atoms with Crippen LogP contribution in [0.3, 0.4) is 0 Å². The number of carbonyl (C=O) groups is 1. The molecular formula is C21H28N2O4S. The Balaban J connectivity index is 1.97. The highest BCUT2D eigenvalue weighted by atomic mass is 32.2. The number of aryl methyl sites for hydroxylation is 1. The van der Waals surface area contributed by atoms with E-state index in [1.165, 1.54) is 4.31 Å². The monoisotopic (exact) mass is 404 g/mol. The van der Waals surface area contributed by atoms with Crippen LogP contribution in [0.4, 0.5) is 0 Å². The second-order valence-corrected chi connectivity index (χ2v) is 9.09. The van der Waals surface area contributed by atoms with E-state index >= 15 is 0 Å². The van der Waals surface area contributed by atoms with E-state index in [9.17, 15) is 13.2 Å². The summed E-state index contributed by atoms with van der Waals surface area (Å²) in [6, 6.07) is 15.0. The van der Waals surface area contributed by atoms with Crippen LogP contribution in [0.15, 0.2) is 48.5 Å². The van der Waals surface area contributed by atoms with Crippen LogP contribution in [-0.2, 0) is 27.9 Å². The Labute approximate surface area is 167 Å². The van der Waals surface area contributed by atoms with Crippen molar-refractivity contribution in [2.45, 2.75) is 40.0 Å². The summed E-state index contributed by atoms with van der Waals surface area (Å²) in [4.78, 5) is 12.3. The Morgan fingerprint density at radius 3 is 2.39 bits per heavy atom. The van der Waals surface area contributed by atoms with E-state index in [4.69, 9.17) is 4.74 Å². The molecule has 0 aliphatic rings. The molecule has 0 atom stereocenters. The van der Waals surface area contributed by atoms with Gasteiger partial charge in [0.15, 0.2) is 0 Å². The van der Waals surface area contributed by atoms with Gasteiger partial charge in [-0.1, -0.05) is 42.0 Å². The van der Waals surface area contributed by atoms with Crippen molar-refractivity contribution in [1.29, 1.82) is 0 Å². The van der Waals surface area contributed by atoms with Crippen molar-refractivity contribution in [1.82, 2.24) is 9.62 Å². The van der Waals surface area contributed by atoms with Crippen molar-refractivity contribution in [2.24, 2.45) is 0 Å². The molecule has 2 aromatic carbocycles. The molecule has 6 nitrogen and oxygen atoms in total. The molecule has 0 heterocycles. The van der Waals surface area contributed by atoms with Crippen molar-refractivity contribution in [2.75, 3.05) is 12.8 Å². The van der Waals surface area contributed by atoms with Gasteiger partial charge in [-0.15, -0.1) is 0 Å². The van der Waals surface area contributed by atoms with Gasteiger partial charge in [0, 0.05) is 13.1 Å². The van der Waals surface area contributed by atoms with E-state index in [0.717, 1.165) is 28.7 Å². The Hall–Kier alpha value is -2.38. The molecule has 0 bridgehead atoms. The summed E-state index contributed by atoms with van der Waals surface area (Å²) in [6.45, 7) is 6.09. The number of nitrogens with one attached hydrogen (secondary N) is 1. The average Bonchev–Trinajstić information content (AvgIpc) is 2.60. The lowest BCUT2D eigenvalue weighted by Gasteiger charge is -2.20. The zero-order valence-electron chi connectivity index (χ0n) is 16.8. The van der Waals surface area contributed by atoms with E-state index in [0.29, 0.717) is 6.54 Å². The molecule has 1 amide bonds. The minimum atomic E-state index is -3.52. The van der Waals surface area contributed by atoms with Gasteiger partial charge in [0.05, 0.1) is 18.9 Å². The molecule has 1 N–H and O–H groups in total. The predicted octanol–water partition coefficient (Wildman–Crippen LogP) is 2.86. The summed E-state index contributed by atoms with van der Waals surface area (Å²) in [5, 5.41) is 2.78. The highest BCUT2D eigenvalue weighted by Crippen LogP contribution is 2.15. The van der Waals surface area contributed by atoms with Gasteiger partial charge in [0.1, 0.15) is 5.75 Å². The summed E-state index contributed by atoms with van der Waals surface area (Å²) < 4.78 is 31.0. The van der Waals surface area contributed by atoms with Gasteiger partial charge in [0.2, 0.25) is 15.9 Å². The second-order valence-electron chi connectivity index (χ2n) is 7.11. The average molecular weight is 405 g/mol. The fourth-order valence-corrected chi connectivity index (χ4v) is 3.34. The summed E-state index contributed by atoms with van der Waals surface area (Å²) in [7, 11) is -3.52. The molecule has 0 unspecified atom stereocenters. The van der Waals surface area contributed by atoms with Crippen LogP contribution < -0.4 is 10.1 Å². The topological polar surface area (TPSA) is 75.7 Å². The van der Waals surface area contributed by atoms with Crippen LogP contribution >= 0.6 is 0 Å². The molecule has 0 aliphatic carbocycles. The quantitative estimate of drug-likeness (QED) is 0.697. The van der Waals surface area contributed by atoms with Crippen molar-refractivity contribution in [3.63, 3.8) is 0 Å². The standard InChI is InChI=1S/C21H28N2O4S/c1-16(2)27-20-7-5-6-19(12-20)13-22-21(24)15-23(28(4,25)26)14-18-10-8-17(3)9-11-18/h5-12,16H,13-15H2,1-4H3,(H,22,24). The summed E-state index contributed by atoms with van der Waals surface area (Å²) in [5.74, 6) is 0.381. The molecule has 0 saturated heterocycles. The molecule has 0 spiro atoms. The number of amides is 1. The zero-order chi connectivity index (χ0) is 20.7. The normalized spacial score (nSPS) is 11.6. The fourth-order valence-electron chi connectivity index (χ4n) is 2.61. The highest BCUT2D eigenvalue weighted by Gasteiger charge is 2.20. The van der Waals surface area contributed by atoms with Crippen LogP contribution in [0, 0.1) is 6.92 Å². The van der Waals surface area contributed by atoms with Crippen LogP contribution in [0.1, 0.15) is 30.5 Å². The number of hydrogen-bond donors (Lipinski definition) is 1. The van der Waals surface area contributed by atoms with Gasteiger partial charge in [-0.25, -0.2) is 8.42 Å². The first kappa shape index (κ1) is 21.9. The predicted molar refractivity (Wildman–Crippen MR) is 110 cm³/mol. The largest absolute Gasteiger partial charge is 0.491 e. The molecule has 0 aliphatic heterocycles. The molecular weight excluding hydrogens is 376 g/mol. The molecule has 0 aromatic heterocycles. The van der Waals surface area contributed by atoms with Crippen LogP contribution in [0.5, 0.6) is 5.75 Å². The van der Waals surface area contributed by atoms with Crippen molar-refractivity contribution >= 4 is 15.9 Å². The molecule has 0 radical (unpaired) electrons. The van der Waals surface area contributed by atoms with E-state index in [1.807, 2.05) is 69.3 Å². The third-order valence-corrected chi connectivity index (χ3v) is 5.22. The van der Waals surface area contributed by atoms with Gasteiger partial charge < -0.3 is 10.1 Å². The Morgan fingerprint density at radius 1 is 1.11 bits per heavy atom. The summed E-state index contributed by atoms with van der Waals surface area (Å²) >= 11 is 0. The first-order valence-corrected chi connectivity index (χ1v) is 11.0. The van der Waals surface area contributed by atoms with Crippen molar-refractivity contribution in [3.05, 3.63) is 65.2 Å². The third-order valence-electron chi connectivity index (χ3n) is 4.03. The molecule has 2 rings (SSSR count).